The summed E-state index contributed by atoms with van der Waals surface area (Å²) in [5.74, 6) is 0.978. The van der Waals surface area contributed by atoms with Gasteiger partial charge in [0.05, 0.1) is 16.1 Å². The number of carbonyl (C=O) groups is 1. The molecule has 0 aliphatic carbocycles. The minimum absolute atomic E-state index is 0.178. The molecule has 1 aliphatic rings. The zero-order valence-corrected chi connectivity index (χ0v) is 16.1. The van der Waals surface area contributed by atoms with E-state index in [-0.39, 0.29) is 12.1 Å². The summed E-state index contributed by atoms with van der Waals surface area (Å²) in [7, 11) is 0. The smallest absolute Gasteiger partial charge is 0.315 e. The largest absolute Gasteiger partial charge is 0.357 e. The molecule has 1 saturated heterocycles. The topological polar surface area (TPSA) is 57.3 Å². The Balaban J connectivity index is 1.53. The Labute approximate surface area is 163 Å². The van der Waals surface area contributed by atoms with Gasteiger partial charge < -0.3 is 15.5 Å². The van der Waals surface area contributed by atoms with Crippen molar-refractivity contribution >= 4 is 35.1 Å². The van der Waals surface area contributed by atoms with Crippen LogP contribution in [-0.2, 0) is 6.54 Å². The molecule has 2 aromatic rings. The molecule has 2 heterocycles. The predicted molar refractivity (Wildman–Crippen MR) is 106 cm³/mol. The molecule has 0 spiro atoms. The molecule has 0 radical (unpaired) electrons. The zero-order chi connectivity index (χ0) is 18.5. The summed E-state index contributed by atoms with van der Waals surface area (Å²) in [6.45, 7) is 4.44. The van der Waals surface area contributed by atoms with E-state index in [2.05, 4.69) is 20.5 Å². The lowest BCUT2D eigenvalue weighted by atomic mass is 10.1. The molecule has 5 nitrogen and oxygen atoms in total. The standard InChI is InChI=1S/C19H22Cl2N4O/c1-13(15-4-5-16(20)17(21)11-15)24-19(26)23-12-14-6-7-22-18(10-14)25-8-2-3-9-25/h4-7,10-11,13H,2-3,8-9,12H2,1H3,(H2,23,24,26). The van der Waals surface area contributed by atoms with Gasteiger partial charge in [-0.15, -0.1) is 0 Å². The highest BCUT2D eigenvalue weighted by Crippen LogP contribution is 2.25. The lowest BCUT2D eigenvalue weighted by Gasteiger charge is -2.18. The SMILES string of the molecule is CC(NC(=O)NCc1ccnc(N2CCCC2)c1)c1ccc(Cl)c(Cl)c1. The van der Waals surface area contributed by atoms with E-state index in [1.807, 2.05) is 25.1 Å². The van der Waals surface area contributed by atoms with Crippen LogP contribution in [0.5, 0.6) is 0 Å². The van der Waals surface area contributed by atoms with E-state index >= 15 is 0 Å². The minimum atomic E-state index is -0.233. The molecule has 26 heavy (non-hydrogen) atoms. The number of aromatic nitrogens is 1. The molecule has 0 bridgehead atoms. The van der Waals surface area contributed by atoms with E-state index in [9.17, 15) is 4.79 Å². The van der Waals surface area contributed by atoms with Crippen LogP contribution < -0.4 is 15.5 Å². The van der Waals surface area contributed by atoms with E-state index in [1.165, 1.54) is 12.8 Å². The molecular weight excluding hydrogens is 371 g/mol. The molecule has 2 N–H and O–H groups in total. The minimum Gasteiger partial charge on any atom is -0.357 e. The number of anilines is 1. The zero-order valence-electron chi connectivity index (χ0n) is 14.6. The molecule has 1 aromatic carbocycles. The number of urea groups is 1. The van der Waals surface area contributed by atoms with Gasteiger partial charge in [-0.25, -0.2) is 9.78 Å². The fraction of sp³-hybridized carbons (Fsp3) is 0.368. The van der Waals surface area contributed by atoms with Crippen LogP contribution in [0.15, 0.2) is 36.5 Å². The number of hydrogen-bond donors (Lipinski definition) is 2. The summed E-state index contributed by atoms with van der Waals surface area (Å²) in [5.41, 5.74) is 1.93. The molecule has 0 saturated carbocycles. The number of nitrogens with one attached hydrogen (secondary N) is 2. The highest BCUT2D eigenvalue weighted by Gasteiger charge is 2.14. The molecule has 1 atom stereocenters. The van der Waals surface area contributed by atoms with Gasteiger partial charge in [-0.1, -0.05) is 29.3 Å². The summed E-state index contributed by atoms with van der Waals surface area (Å²) < 4.78 is 0. The van der Waals surface area contributed by atoms with Crippen molar-refractivity contribution in [1.82, 2.24) is 15.6 Å². The Morgan fingerprint density at radius 3 is 2.69 bits per heavy atom. The fourth-order valence-electron chi connectivity index (χ4n) is 2.98. The molecule has 138 valence electrons. The third kappa shape index (κ3) is 4.80. The van der Waals surface area contributed by atoms with Crippen LogP contribution in [0.3, 0.4) is 0 Å². The first-order chi connectivity index (χ1) is 12.5. The molecule has 1 aromatic heterocycles. The third-order valence-corrected chi connectivity index (χ3v) is 5.22. The van der Waals surface area contributed by atoms with Crippen molar-refractivity contribution in [1.29, 1.82) is 0 Å². The highest BCUT2D eigenvalue weighted by molar-refractivity contribution is 6.42. The second kappa shape index (κ2) is 8.60. The average molecular weight is 393 g/mol. The van der Waals surface area contributed by atoms with Gasteiger partial charge in [-0.2, -0.15) is 0 Å². The Morgan fingerprint density at radius 1 is 1.19 bits per heavy atom. The first-order valence-electron chi connectivity index (χ1n) is 8.72. The molecule has 1 unspecified atom stereocenters. The monoisotopic (exact) mass is 392 g/mol. The van der Waals surface area contributed by atoms with Crippen LogP contribution >= 0.6 is 23.2 Å². The number of nitrogens with zero attached hydrogens (tertiary/aromatic N) is 2. The van der Waals surface area contributed by atoms with Crippen molar-refractivity contribution in [3.8, 4) is 0 Å². The van der Waals surface area contributed by atoms with Crippen molar-refractivity contribution in [2.75, 3.05) is 18.0 Å². The Hall–Kier alpha value is -1.98. The number of hydrogen-bond acceptors (Lipinski definition) is 3. The number of amides is 2. The second-order valence-electron chi connectivity index (χ2n) is 6.44. The van der Waals surface area contributed by atoms with Gasteiger partial charge in [0.2, 0.25) is 0 Å². The maximum Gasteiger partial charge on any atom is 0.315 e. The maximum absolute atomic E-state index is 12.2. The number of benzene rings is 1. The van der Waals surface area contributed by atoms with Crippen LogP contribution in [0.4, 0.5) is 10.6 Å². The van der Waals surface area contributed by atoms with Gasteiger partial charge in [0.15, 0.2) is 0 Å². The number of rotatable bonds is 5. The lowest BCUT2D eigenvalue weighted by molar-refractivity contribution is 0.237. The fourth-order valence-corrected chi connectivity index (χ4v) is 3.29. The Bertz CT molecular complexity index is 778. The summed E-state index contributed by atoms with van der Waals surface area (Å²) in [5, 5.41) is 6.77. The van der Waals surface area contributed by atoms with Crippen molar-refractivity contribution in [3.63, 3.8) is 0 Å². The first kappa shape index (κ1) is 18.8. The van der Waals surface area contributed by atoms with Gasteiger partial charge in [-0.3, -0.25) is 0 Å². The van der Waals surface area contributed by atoms with E-state index in [0.717, 1.165) is 30.0 Å². The summed E-state index contributed by atoms with van der Waals surface area (Å²) in [6, 6.07) is 8.89. The second-order valence-corrected chi connectivity index (χ2v) is 7.25. The number of pyridine rings is 1. The van der Waals surface area contributed by atoms with Crippen LogP contribution in [-0.4, -0.2) is 24.1 Å². The van der Waals surface area contributed by atoms with Crippen LogP contribution in [0.25, 0.3) is 0 Å². The van der Waals surface area contributed by atoms with Crippen LogP contribution in [0.1, 0.15) is 36.9 Å². The van der Waals surface area contributed by atoms with Gasteiger partial charge in [0.1, 0.15) is 5.82 Å². The quantitative estimate of drug-likeness (QED) is 0.784. The molecule has 3 rings (SSSR count). The summed E-state index contributed by atoms with van der Waals surface area (Å²) >= 11 is 12.0. The van der Waals surface area contributed by atoms with Crippen LogP contribution in [0.2, 0.25) is 10.0 Å². The van der Waals surface area contributed by atoms with Gasteiger partial charge in [0.25, 0.3) is 0 Å². The molecule has 7 heteroatoms. The number of carbonyl (C=O) groups excluding carboxylic acids is 1. The summed E-state index contributed by atoms with van der Waals surface area (Å²) in [4.78, 5) is 18.9. The lowest BCUT2D eigenvalue weighted by Crippen LogP contribution is -2.36. The van der Waals surface area contributed by atoms with E-state index in [0.29, 0.717) is 16.6 Å². The van der Waals surface area contributed by atoms with E-state index in [4.69, 9.17) is 23.2 Å². The first-order valence-corrected chi connectivity index (χ1v) is 9.48. The molecule has 1 aliphatic heterocycles. The van der Waals surface area contributed by atoms with E-state index < -0.39 is 0 Å². The van der Waals surface area contributed by atoms with Gasteiger partial charge in [-0.05, 0) is 55.2 Å². The molecular formula is C19H22Cl2N4O. The maximum atomic E-state index is 12.2. The third-order valence-electron chi connectivity index (χ3n) is 4.48. The van der Waals surface area contributed by atoms with E-state index in [1.54, 1.807) is 18.3 Å². The number of halogens is 2. The summed E-state index contributed by atoms with van der Waals surface area (Å²) in [6.07, 6.45) is 4.21. The van der Waals surface area contributed by atoms with Crippen molar-refractivity contribution < 1.29 is 4.79 Å². The van der Waals surface area contributed by atoms with Gasteiger partial charge >= 0.3 is 6.03 Å². The highest BCUT2D eigenvalue weighted by atomic mass is 35.5. The van der Waals surface area contributed by atoms with Crippen molar-refractivity contribution in [2.24, 2.45) is 0 Å². The van der Waals surface area contributed by atoms with Crippen LogP contribution in [0, 0.1) is 0 Å². The molecule has 1 fully saturated rings. The normalized spacial score (nSPS) is 15.0. The van der Waals surface area contributed by atoms with Crippen molar-refractivity contribution in [3.05, 3.63) is 57.7 Å². The molecule has 2 amide bonds. The average Bonchev–Trinajstić information content (AvgIpc) is 3.17. The van der Waals surface area contributed by atoms with Gasteiger partial charge in [0, 0.05) is 25.8 Å². The predicted octanol–water partition coefficient (Wildman–Crippen LogP) is 4.55. The Kier molecular flexibility index (Phi) is 6.22. The Morgan fingerprint density at radius 2 is 1.96 bits per heavy atom. The van der Waals surface area contributed by atoms with Crippen molar-refractivity contribution in [2.45, 2.75) is 32.4 Å².